The van der Waals surface area contributed by atoms with Gasteiger partial charge in [-0.2, -0.15) is 0 Å². The zero-order valence-electron chi connectivity index (χ0n) is 28.4. The number of hydrogen-bond donors (Lipinski definition) is 0. The highest BCUT2D eigenvalue weighted by Gasteiger charge is 2.29. The molecule has 0 N–H and O–H groups in total. The van der Waals surface area contributed by atoms with Gasteiger partial charge >= 0.3 is 0 Å². The monoisotopic (exact) mass is 663 g/mol. The molecular weight excluding hydrogens is 631 g/mol. The van der Waals surface area contributed by atoms with Gasteiger partial charge in [0.15, 0.2) is 0 Å². The van der Waals surface area contributed by atoms with E-state index in [0.717, 1.165) is 67.3 Å². The van der Waals surface area contributed by atoms with E-state index in [4.69, 9.17) is 4.74 Å². The van der Waals surface area contributed by atoms with Crippen LogP contribution in [0.1, 0.15) is 0 Å². The molecule has 0 radical (unpaired) electrons. The average Bonchev–Trinajstić information content (AvgIpc) is 3.35. The summed E-state index contributed by atoms with van der Waals surface area (Å²) in [4.78, 5) is 2.39. The molecule has 1 aliphatic heterocycles. The first-order chi connectivity index (χ1) is 25.8. The second-order valence-electron chi connectivity index (χ2n) is 13.3. The molecule has 1 aliphatic rings. The molecule has 0 saturated carbocycles. The van der Waals surface area contributed by atoms with Crippen LogP contribution in [0.4, 0.5) is 17.1 Å². The summed E-state index contributed by atoms with van der Waals surface area (Å²) in [5.41, 5.74) is 12.3. The van der Waals surface area contributed by atoms with Crippen LogP contribution in [0.3, 0.4) is 0 Å². The van der Waals surface area contributed by atoms with Gasteiger partial charge in [0.25, 0.3) is 0 Å². The molecule has 0 atom stereocenters. The Morgan fingerprint density at radius 2 is 0.885 bits per heavy atom. The van der Waals surface area contributed by atoms with Gasteiger partial charge in [-0.05, 0) is 97.9 Å². The van der Waals surface area contributed by atoms with Crippen molar-refractivity contribution in [1.82, 2.24) is 0 Å². The number of benzene rings is 9. The Hall–Kier alpha value is -6.90. The summed E-state index contributed by atoms with van der Waals surface area (Å²) in [5, 5.41) is 4.73. The van der Waals surface area contributed by atoms with Crippen molar-refractivity contribution in [3.05, 3.63) is 200 Å². The average molecular weight is 664 g/mol. The molecule has 0 bridgehead atoms. The molecule has 9 aromatic carbocycles. The van der Waals surface area contributed by atoms with E-state index in [2.05, 4.69) is 205 Å². The van der Waals surface area contributed by atoms with Gasteiger partial charge in [0.1, 0.15) is 11.5 Å². The molecule has 0 unspecified atom stereocenters. The highest BCUT2D eigenvalue weighted by atomic mass is 16.5. The molecule has 0 saturated heterocycles. The first-order valence-corrected chi connectivity index (χ1v) is 17.8. The largest absolute Gasteiger partial charge is 0.456 e. The maximum atomic E-state index is 7.07. The van der Waals surface area contributed by atoms with Crippen molar-refractivity contribution < 1.29 is 4.74 Å². The van der Waals surface area contributed by atoms with Crippen molar-refractivity contribution in [2.75, 3.05) is 4.90 Å². The smallest absolute Gasteiger partial charge is 0.137 e. The van der Waals surface area contributed by atoms with Crippen molar-refractivity contribution in [2.24, 2.45) is 0 Å². The fraction of sp³-hybridized carbons (Fsp3) is 0. The molecule has 0 spiro atoms. The number of ether oxygens (including phenoxy) is 1. The van der Waals surface area contributed by atoms with Crippen LogP contribution >= 0.6 is 0 Å². The Bertz CT molecular complexity index is 2750. The number of hydrogen-bond acceptors (Lipinski definition) is 2. The van der Waals surface area contributed by atoms with Crippen molar-refractivity contribution in [1.29, 1.82) is 0 Å². The highest BCUT2D eigenvalue weighted by molar-refractivity contribution is 6.06. The van der Waals surface area contributed by atoms with Gasteiger partial charge in [0.2, 0.25) is 0 Å². The zero-order valence-corrected chi connectivity index (χ0v) is 28.4. The lowest BCUT2D eigenvalue weighted by Gasteiger charge is -2.29. The Labute approximate surface area is 303 Å². The lowest BCUT2D eigenvalue weighted by Crippen LogP contribution is -2.12. The summed E-state index contributed by atoms with van der Waals surface area (Å²) in [7, 11) is 0. The normalized spacial score (nSPS) is 11.6. The number of anilines is 3. The van der Waals surface area contributed by atoms with E-state index in [-0.39, 0.29) is 0 Å². The third kappa shape index (κ3) is 5.12. The summed E-state index contributed by atoms with van der Waals surface area (Å²) < 4.78 is 7.07. The van der Waals surface area contributed by atoms with Crippen LogP contribution in [0.25, 0.3) is 66.1 Å². The Balaban J connectivity index is 1.27. The molecule has 0 aliphatic carbocycles. The molecule has 1 heterocycles. The van der Waals surface area contributed by atoms with Crippen LogP contribution in [0, 0.1) is 0 Å². The van der Waals surface area contributed by atoms with Gasteiger partial charge in [-0.15, -0.1) is 0 Å². The number of nitrogens with zero attached hydrogens (tertiary/aromatic N) is 1. The third-order valence-corrected chi connectivity index (χ3v) is 10.2. The fourth-order valence-corrected chi connectivity index (χ4v) is 7.76. The lowest BCUT2D eigenvalue weighted by molar-refractivity contribution is 0.488. The SMILES string of the molecule is c1ccc(-c2ccc(N(c3ccc4ccccc4c3)c3cccc4c3-c3c(-c5ccccc5)cccc3-c3cc5ccccc5cc3O4)cc2)cc1. The van der Waals surface area contributed by atoms with Crippen molar-refractivity contribution in [3.63, 3.8) is 0 Å². The topological polar surface area (TPSA) is 12.5 Å². The van der Waals surface area contributed by atoms with E-state index in [1.54, 1.807) is 0 Å². The minimum Gasteiger partial charge on any atom is -0.456 e. The number of rotatable bonds is 5. The van der Waals surface area contributed by atoms with E-state index in [1.807, 2.05) is 0 Å². The fourth-order valence-electron chi connectivity index (χ4n) is 7.76. The van der Waals surface area contributed by atoms with Gasteiger partial charge in [-0.1, -0.05) is 152 Å². The first-order valence-electron chi connectivity index (χ1n) is 17.8. The zero-order chi connectivity index (χ0) is 34.4. The standard InChI is InChI=1S/C50H33NO/c1-3-13-34(14-4-1)36-25-28-41(29-26-36)51(42-30-27-35-15-7-8-18-38(35)31-42)46-23-12-24-47-50(46)49-43(37-16-5-2-6-17-37)21-11-22-44(49)45-32-39-19-9-10-20-40(39)33-48(45)52-47/h1-33H. The molecule has 244 valence electrons. The summed E-state index contributed by atoms with van der Waals surface area (Å²) in [6.45, 7) is 0. The molecular formula is C50H33NO. The minimum absolute atomic E-state index is 0.822. The van der Waals surface area contributed by atoms with E-state index < -0.39 is 0 Å². The second-order valence-corrected chi connectivity index (χ2v) is 13.3. The highest BCUT2D eigenvalue weighted by Crippen LogP contribution is 2.55. The molecule has 52 heavy (non-hydrogen) atoms. The van der Waals surface area contributed by atoms with Crippen LogP contribution < -0.4 is 9.64 Å². The Morgan fingerprint density at radius 1 is 0.308 bits per heavy atom. The molecule has 9 aromatic rings. The Kier molecular flexibility index (Phi) is 7.18. The third-order valence-electron chi connectivity index (χ3n) is 10.2. The van der Waals surface area contributed by atoms with Gasteiger partial charge in [0, 0.05) is 28.1 Å². The van der Waals surface area contributed by atoms with E-state index in [0.29, 0.717) is 0 Å². The van der Waals surface area contributed by atoms with E-state index >= 15 is 0 Å². The molecule has 2 heteroatoms. The minimum atomic E-state index is 0.822. The van der Waals surface area contributed by atoms with Gasteiger partial charge in [-0.25, -0.2) is 0 Å². The van der Waals surface area contributed by atoms with Gasteiger partial charge in [-0.3, -0.25) is 0 Å². The Morgan fingerprint density at radius 3 is 1.63 bits per heavy atom. The molecule has 0 amide bonds. The maximum Gasteiger partial charge on any atom is 0.137 e. The van der Waals surface area contributed by atoms with Crippen LogP contribution in [0.2, 0.25) is 0 Å². The van der Waals surface area contributed by atoms with Crippen LogP contribution in [-0.2, 0) is 0 Å². The second kappa shape index (κ2) is 12.5. The van der Waals surface area contributed by atoms with Crippen LogP contribution in [0.5, 0.6) is 11.5 Å². The van der Waals surface area contributed by atoms with Crippen molar-refractivity contribution >= 4 is 38.6 Å². The summed E-state index contributed by atoms with van der Waals surface area (Å²) in [6.07, 6.45) is 0. The first kappa shape index (κ1) is 30.0. The van der Waals surface area contributed by atoms with Gasteiger partial charge < -0.3 is 9.64 Å². The van der Waals surface area contributed by atoms with Crippen LogP contribution in [-0.4, -0.2) is 0 Å². The van der Waals surface area contributed by atoms with E-state index in [1.165, 1.54) is 27.3 Å². The molecule has 0 aromatic heterocycles. The van der Waals surface area contributed by atoms with E-state index in [9.17, 15) is 0 Å². The van der Waals surface area contributed by atoms with Crippen molar-refractivity contribution in [2.45, 2.75) is 0 Å². The quantitative estimate of drug-likeness (QED) is 0.182. The summed E-state index contributed by atoms with van der Waals surface area (Å²) in [5.74, 6) is 1.67. The van der Waals surface area contributed by atoms with Crippen molar-refractivity contribution in [3.8, 4) is 56.0 Å². The number of fused-ring (bicyclic) bond motifs is 7. The summed E-state index contributed by atoms with van der Waals surface area (Å²) >= 11 is 0. The van der Waals surface area contributed by atoms with Crippen LogP contribution in [0.15, 0.2) is 200 Å². The van der Waals surface area contributed by atoms with Gasteiger partial charge in [0.05, 0.1) is 5.69 Å². The predicted molar refractivity (Wildman–Crippen MR) is 218 cm³/mol. The summed E-state index contributed by atoms with van der Waals surface area (Å²) in [6, 6.07) is 71.7. The molecule has 0 fully saturated rings. The molecule has 2 nitrogen and oxygen atoms in total. The predicted octanol–water partition coefficient (Wildman–Crippen LogP) is 14.2. The maximum absolute atomic E-state index is 7.07. The lowest BCUT2D eigenvalue weighted by atomic mass is 9.86. The molecule has 10 rings (SSSR count).